The molecule has 1 aromatic carbocycles. The standard InChI is InChI=1S/C16H21NO2/c17-13-6-4-5-12(9-13)16(14(18)19)10-15(11-16)7-2-1-3-8-15/h4-6,9H,1-3,7-8,10-11,17H2,(H,18,19). The summed E-state index contributed by atoms with van der Waals surface area (Å²) < 4.78 is 0. The van der Waals surface area contributed by atoms with Crippen LogP contribution in [0.5, 0.6) is 0 Å². The number of benzene rings is 1. The van der Waals surface area contributed by atoms with Gasteiger partial charge in [-0.1, -0.05) is 31.4 Å². The Morgan fingerprint density at radius 3 is 2.42 bits per heavy atom. The summed E-state index contributed by atoms with van der Waals surface area (Å²) in [4.78, 5) is 11.8. The van der Waals surface area contributed by atoms with Crippen molar-refractivity contribution in [2.45, 2.75) is 50.4 Å². The minimum Gasteiger partial charge on any atom is -0.481 e. The van der Waals surface area contributed by atoms with Gasteiger partial charge in [0.2, 0.25) is 0 Å². The van der Waals surface area contributed by atoms with E-state index < -0.39 is 11.4 Å². The van der Waals surface area contributed by atoms with Gasteiger partial charge in [-0.2, -0.15) is 0 Å². The predicted octanol–water partition coefficient (Wildman–Crippen LogP) is 3.34. The normalized spacial score (nSPS) is 23.8. The van der Waals surface area contributed by atoms with Gasteiger partial charge < -0.3 is 10.8 Å². The van der Waals surface area contributed by atoms with Crippen LogP contribution in [0.25, 0.3) is 0 Å². The molecule has 0 aliphatic heterocycles. The molecule has 1 aromatic rings. The van der Waals surface area contributed by atoms with Crippen molar-refractivity contribution in [1.29, 1.82) is 0 Å². The molecule has 0 heterocycles. The zero-order valence-corrected chi connectivity index (χ0v) is 11.2. The molecule has 1 spiro atoms. The molecule has 2 aliphatic carbocycles. The maximum Gasteiger partial charge on any atom is 0.314 e. The lowest BCUT2D eigenvalue weighted by molar-refractivity contribution is -0.156. The summed E-state index contributed by atoms with van der Waals surface area (Å²) in [6, 6.07) is 7.43. The van der Waals surface area contributed by atoms with Crippen LogP contribution < -0.4 is 5.73 Å². The maximum absolute atomic E-state index is 11.8. The third-order valence-electron chi connectivity index (χ3n) is 5.12. The maximum atomic E-state index is 11.8. The first-order valence-electron chi connectivity index (χ1n) is 7.16. The Bertz CT molecular complexity index is 495. The second-order valence-corrected chi connectivity index (χ2v) is 6.43. The van der Waals surface area contributed by atoms with E-state index in [2.05, 4.69) is 0 Å². The monoisotopic (exact) mass is 259 g/mol. The third-order valence-corrected chi connectivity index (χ3v) is 5.12. The van der Waals surface area contributed by atoms with E-state index in [1.165, 1.54) is 32.1 Å². The number of nitrogen functional groups attached to an aromatic ring is 1. The number of carboxylic acids is 1. The van der Waals surface area contributed by atoms with Crippen molar-refractivity contribution in [1.82, 2.24) is 0 Å². The quantitative estimate of drug-likeness (QED) is 0.801. The average molecular weight is 259 g/mol. The van der Waals surface area contributed by atoms with Crippen LogP contribution in [0, 0.1) is 5.41 Å². The van der Waals surface area contributed by atoms with Crippen molar-refractivity contribution in [3.63, 3.8) is 0 Å². The van der Waals surface area contributed by atoms with Crippen molar-refractivity contribution in [2.24, 2.45) is 5.41 Å². The number of aliphatic carboxylic acids is 1. The Hall–Kier alpha value is -1.51. The van der Waals surface area contributed by atoms with Gasteiger partial charge in [0.1, 0.15) is 0 Å². The second-order valence-electron chi connectivity index (χ2n) is 6.43. The number of carboxylic acid groups (broad SMARTS) is 1. The van der Waals surface area contributed by atoms with Gasteiger partial charge in [0, 0.05) is 5.69 Å². The minimum absolute atomic E-state index is 0.293. The zero-order valence-electron chi connectivity index (χ0n) is 11.2. The van der Waals surface area contributed by atoms with E-state index in [1.807, 2.05) is 24.3 Å². The van der Waals surface area contributed by atoms with Crippen molar-refractivity contribution in [3.8, 4) is 0 Å². The molecular formula is C16H21NO2. The summed E-state index contributed by atoms with van der Waals surface area (Å²) >= 11 is 0. The highest BCUT2D eigenvalue weighted by Crippen LogP contribution is 2.62. The first kappa shape index (κ1) is 12.5. The van der Waals surface area contributed by atoms with Gasteiger partial charge in [-0.05, 0) is 48.8 Å². The number of carbonyl (C=O) groups is 1. The molecule has 102 valence electrons. The van der Waals surface area contributed by atoms with Crippen LogP contribution in [0.15, 0.2) is 24.3 Å². The van der Waals surface area contributed by atoms with Crippen LogP contribution in [-0.4, -0.2) is 11.1 Å². The molecule has 19 heavy (non-hydrogen) atoms. The largest absolute Gasteiger partial charge is 0.481 e. The number of nitrogens with two attached hydrogens (primary N) is 1. The van der Waals surface area contributed by atoms with Crippen LogP contribution in [0.4, 0.5) is 5.69 Å². The fraction of sp³-hybridized carbons (Fsp3) is 0.562. The van der Waals surface area contributed by atoms with E-state index in [-0.39, 0.29) is 0 Å². The molecule has 0 unspecified atom stereocenters. The van der Waals surface area contributed by atoms with E-state index in [0.717, 1.165) is 18.4 Å². The molecule has 2 fully saturated rings. The van der Waals surface area contributed by atoms with Crippen LogP contribution in [0.2, 0.25) is 0 Å². The van der Waals surface area contributed by atoms with E-state index in [9.17, 15) is 9.90 Å². The molecule has 3 nitrogen and oxygen atoms in total. The number of rotatable bonds is 2. The molecule has 0 saturated heterocycles. The lowest BCUT2D eigenvalue weighted by atomic mass is 9.46. The molecule has 2 aliphatic rings. The molecule has 0 aromatic heterocycles. The highest BCUT2D eigenvalue weighted by atomic mass is 16.4. The summed E-state index contributed by atoms with van der Waals surface area (Å²) in [5.74, 6) is -0.686. The second kappa shape index (κ2) is 4.26. The lowest BCUT2D eigenvalue weighted by Gasteiger charge is -2.56. The topological polar surface area (TPSA) is 63.3 Å². The summed E-state index contributed by atoms with van der Waals surface area (Å²) in [6.45, 7) is 0. The first-order valence-corrected chi connectivity index (χ1v) is 7.16. The van der Waals surface area contributed by atoms with E-state index in [4.69, 9.17) is 5.73 Å². The molecule has 0 amide bonds. The van der Waals surface area contributed by atoms with Gasteiger partial charge in [-0.25, -0.2) is 0 Å². The Morgan fingerprint density at radius 1 is 1.16 bits per heavy atom. The van der Waals surface area contributed by atoms with Crippen molar-refractivity contribution in [3.05, 3.63) is 29.8 Å². The molecular weight excluding hydrogens is 238 g/mol. The fourth-order valence-electron chi connectivity index (χ4n) is 4.20. The molecule has 2 saturated carbocycles. The fourth-order valence-corrected chi connectivity index (χ4v) is 4.20. The predicted molar refractivity (Wildman–Crippen MR) is 74.9 cm³/mol. The van der Waals surface area contributed by atoms with Gasteiger partial charge in [0.25, 0.3) is 0 Å². The van der Waals surface area contributed by atoms with Crippen molar-refractivity contribution >= 4 is 11.7 Å². The number of hydrogen-bond donors (Lipinski definition) is 2. The van der Waals surface area contributed by atoms with Crippen molar-refractivity contribution < 1.29 is 9.90 Å². The molecule has 0 bridgehead atoms. The Balaban J connectivity index is 1.89. The third kappa shape index (κ3) is 1.92. The zero-order chi connectivity index (χ0) is 13.5. The van der Waals surface area contributed by atoms with Gasteiger partial charge in [-0.3, -0.25) is 4.79 Å². The molecule has 0 radical (unpaired) electrons. The van der Waals surface area contributed by atoms with Gasteiger partial charge >= 0.3 is 5.97 Å². The Morgan fingerprint density at radius 2 is 1.84 bits per heavy atom. The van der Waals surface area contributed by atoms with Crippen LogP contribution >= 0.6 is 0 Å². The van der Waals surface area contributed by atoms with Crippen LogP contribution in [0.1, 0.15) is 50.5 Å². The highest BCUT2D eigenvalue weighted by molar-refractivity contribution is 5.83. The van der Waals surface area contributed by atoms with E-state index in [0.29, 0.717) is 11.1 Å². The molecule has 3 rings (SSSR count). The van der Waals surface area contributed by atoms with Crippen molar-refractivity contribution in [2.75, 3.05) is 5.73 Å². The minimum atomic E-state index is -0.688. The summed E-state index contributed by atoms with van der Waals surface area (Å²) in [6.07, 6.45) is 7.80. The Labute approximate surface area is 113 Å². The Kier molecular flexibility index (Phi) is 2.80. The molecule has 3 heteroatoms. The smallest absolute Gasteiger partial charge is 0.314 e. The summed E-state index contributed by atoms with van der Waals surface area (Å²) in [7, 11) is 0. The van der Waals surface area contributed by atoms with Gasteiger partial charge in [0.15, 0.2) is 0 Å². The van der Waals surface area contributed by atoms with E-state index in [1.54, 1.807) is 0 Å². The van der Waals surface area contributed by atoms with Gasteiger partial charge in [0.05, 0.1) is 5.41 Å². The molecule has 3 N–H and O–H groups in total. The highest BCUT2D eigenvalue weighted by Gasteiger charge is 2.59. The SMILES string of the molecule is Nc1cccc(C2(C(=O)O)CC3(CCCCC3)C2)c1. The van der Waals surface area contributed by atoms with Crippen LogP contribution in [0.3, 0.4) is 0 Å². The number of hydrogen-bond acceptors (Lipinski definition) is 2. The number of anilines is 1. The van der Waals surface area contributed by atoms with E-state index >= 15 is 0 Å². The summed E-state index contributed by atoms with van der Waals surface area (Å²) in [5.41, 5.74) is 6.96. The average Bonchev–Trinajstić information content (AvgIpc) is 2.36. The summed E-state index contributed by atoms with van der Waals surface area (Å²) in [5, 5.41) is 9.70. The van der Waals surface area contributed by atoms with Gasteiger partial charge in [-0.15, -0.1) is 0 Å². The molecule has 0 atom stereocenters. The lowest BCUT2D eigenvalue weighted by Crippen LogP contribution is -2.55. The first-order chi connectivity index (χ1) is 9.06. The van der Waals surface area contributed by atoms with Crippen LogP contribution in [-0.2, 0) is 10.2 Å².